The summed E-state index contributed by atoms with van der Waals surface area (Å²) in [5.74, 6) is 0. The van der Waals surface area contributed by atoms with E-state index in [9.17, 15) is 18.5 Å². The Morgan fingerprint density at radius 3 is 2.57 bits per heavy atom. The van der Waals surface area contributed by atoms with E-state index in [4.69, 9.17) is 0 Å². The molecule has 0 saturated carbocycles. The summed E-state index contributed by atoms with van der Waals surface area (Å²) in [5.41, 5.74) is 0.251. The lowest BCUT2D eigenvalue weighted by Gasteiger charge is -2.06. The summed E-state index contributed by atoms with van der Waals surface area (Å²) < 4.78 is 26.2. The molecule has 21 heavy (non-hydrogen) atoms. The van der Waals surface area contributed by atoms with Crippen LogP contribution in [0, 0.1) is 10.1 Å². The number of hydrogen-bond acceptors (Lipinski definition) is 5. The van der Waals surface area contributed by atoms with E-state index >= 15 is 0 Å². The Morgan fingerprint density at radius 1 is 1.19 bits per heavy atom. The lowest BCUT2D eigenvalue weighted by atomic mass is 10.3. The highest BCUT2D eigenvalue weighted by Gasteiger charge is 2.20. The van der Waals surface area contributed by atoms with Gasteiger partial charge in [-0.3, -0.25) is 15.1 Å². The van der Waals surface area contributed by atoms with Crippen molar-refractivity contribution in [3.63, 3.8) is 0 Å². The van der Waals surface area contributed by atoms with Crippen LogP contribution in [-0.4, -0.2) is 23.9 Å². The fraction of sp³-hybridized carbons (Fsp3) is 0.154. The van der Waals surface area contributed by atoms with Crippen molar-refractivity contribution in [3.8, 4) is 0 Å². The molecule has 1 aliphatic rings. The number of nitrogens with zero attached hydrogens (tertiary/aromatic N) is 3. The van der Waals surface area contributed by atoms with Crippen LogP contribution in [0.15, 0.2) is 46.4 Å². The summed E-state index contributed by atoms with van der Waals surface area (Å²) in [7, 11) is -3.80. The van der Waals surface area contributed by atoms with Crippen LogP contribution in [0.3, 0.4) is 0 Å². The highest BCUT2D eigenvalue weighted by Crippen LogP contribution is 2.17. The third kappa shape index (κ3) is 2.23. The average Bonchev–Trinajstić information content (AvgIpc) is 2.92. The predicted molar refractivity (Wildman–Crippen MR) is 74.8 cm³/mol. The molecule has 1 aromatic carbocycles. The fourth-order valence-corrected chi connectivity index (χ4v) is 3.50. The summed E-state index contributed by atoms with van der Waals surface area (Å²) >= 11 is 0. The van der Waals surface area contributed by atoms with Crippen molar-refractivity contribution in [2.24, 2.45) is 4.99 Å². The first-order valence-corrected chi connectivity index (χ1v) is 7.66. The maximum absolute atomic E-state index is 12.6. The van der Waals surface area contributed by atoms with Gasteiger partial charge < -0.3 is 0 Å². The lowest BCUT2D eigenvalue weighted by molar-refractivity contribution is -0.384. The smallest absolute Gasteiger partial charge is 0.267 e. The van der Waals surface area contributed by atoms with Crippen LogP contribution in [0.1, 0.15) is 6.42 Å². The van der Waals surface area contributed by atoms with E-state index in [0.717, 1.165) is 15.6 Å². The first kappa shape index (κ1) is 13.5. The summed E-state index contributed by atoms with van der Waals surface area (Å²) in [6.07, 6.45) is 4.17. The number of fused-ring (bicyclic) bond motifs is 1. The Balaban J connectivity index is 2.14. The molecular weight excluding hydrogens is 294 g/mol. The molecule has 0 saturated heterocycles. The number of hydrogen-bond donors (Lipinski definition) is 0. The molecule has 1 aliphatic heterocycles. The van der Waals surface area contributed by atoms with E-state index < -0.39 is 14.9 Å². The minimum Gasteiger partial charge on any atom is -0.267 e. The monoisotopic (exact) mass is 305 g/mol. The molecule has 3 rings (SSSR count). The van der Waals surface area contributed by atoms with Crippen LogP contribution in [0.5, 0.6) is 0 Å². The normalized spacial score (nSPS) is 13.9. The third-order valence-corrected chi connectivity index (χ3v) is 4.90. The van der Waals surface area contributed by atoms with Gasteiger partial charge in [-0.1, -0.05) is 6.08 Å². The van der Waals surface area contributed by atoms with E-state index in [0.29, 0.717) is 12.0 Å². The first-order chi connectivity index (χ1) is 10.00. The fourth-order valence-electron chi connectivity index (χ4n) is 2.18. The third-order valence-electron chi connectivity index (χ3n) is 3.22. The zero-order chi connectivity index (χ0) is 15.0. The van der Waals surface area contributed by atoms with Gasteiger partial charge in [0.05, 0.1) is 9.82 Å². The van der Waals surface area contributed by atoms with Gasteiger partial charge in [0.1, 0.15) is 5.49 Å². The van der Waals surface area contributed by atoms with Crippen LogP contribution in [-0.2, 0) is 10.0 Å². The predicted octanol–water partition coefficient (Wildman–Crippen LogP) is 0.437. The second-order valence-electron chi connectivity index (χ2n) is 4.52. The molecule has 2 heterocycles. The van der Waals surface area contributed by atoms with Gasteiger partial charge in [-0.2, -0.15) is 0 Å². The molecule has 0 amide bonds. The molecule has 0 bridgehead atoms. The Hall–Kier alpha value is -2.48. The van der Waals surface area contributed by atoms with Crippen molar-refractivity contribution >= 4 is 21.8 Å². The summed E-state index contributed by atoms with van der Waals surface area (Å²) in [6, 6.07) is 6.50. The molecule has 2 aromatic rings. The van der Waals surface area contributed by atoms with Gasteiger partial charge in [-0.25, -0.2) is 12.4 Å². The van der Waals surface area contributed by atoms with E-state index in [2.05, 4.69) is 4.99 Å². The van der Waals surface area contributed by atoms with Gasteiger partial charge in [0.2, 0.25) is 0 Å². The maximum Gasteiger partial charge on any atom is 0.269 e. The summed E-state index contributed by atoms with van der Waals surface area (Å²) in [6.45, 7) is 0.548. The van der Waals surface area contributed by atoms with Crippen LogP contribution in [0.25, 0.3) is 6.08 Å². The molecule has 0 radical (unpaired) electrons. The molecule has 0 aliphatic carbocycles. The van der Waals surface area contributed by atoms with Gasteiger partial charge in [-0.15, -0.1) is 0 Å². The molecule has 1 aromatic heterocycles. The van der Waals surface area contributed by atoms with Gasteiger partial charge >= 0.3 is 0 Å². The first-order valence-electron chi connectivity index (χ1n) is 6.22. The Bertz CT molecular complexity index is 927. The molecule has 7 nitrogen and oxygen atoms in total. The van der Waals surface area contributed by atoms with Crippen molar-refractivity contribution < 1.29 is 13.3 Å². The molecule has 0 unspecified atom stereocenters. The molecule has 0 spiro atoms. The molecule has 0 fully saturated rings. The second kappa shape index (κ2) is 4.81. The van der Waals surface area contributed by atoms with Gasteiger partial charge in [0.25, 0.3) is 15.7 Å². The molecule has 8 heteroatoms. The van der Waals surface area contributed by atoms with Crippen LogP contribution in [0.4, 0.5) is 5.69 Å². The van der Waals surface area contributed by atoms with Crippen molar-refractivity contribution in [2.75, 3.05) is 6.54 Å². The Labute approximate surface area is 120 Å². The van der Waals surface area contributed by atoms with E-state index in [-0.39, 0.29) is 10.6 Å². The number of nitro benzene ring substituents is 1. The van der Waals surface area contributed by atoms with Crippen LogP contribution < -0.4 is 10.7 Å². The van der Waals surface area contributed by atoms with E-state index in [1.807, 2.05) is 6.08 Å². The largest absolute Gasteiger partial charge is 0.269 e. The van der Waals surface area contributed by atoms with Crippen molar-refractivity contribution in [2.45, 2.75) is 11.3 Å². The van der Waals surface area contributed by atoms with Gasteiger partial charge in [0.15, 0.2) is 0 Å². The summed E-state index contributed by atoms with van der Waals surface area (Å²) in [5, 5.41) is 11.4. The Morgan fingerprint density at radius 2 is 1.90 bits per heavy atom. The van der Waals surface area contributed by atoms with E-state index in [1.54, 1.807) is 6.07 Å². The molecule has 0 N–H and O–H groups in total. The SMILES string of the molecule is O=[N+]([O-])c1ccc(S(=O)(=O)n2ccc3c2=NCCC=3)cc1. The quantitative estimate of drug-likeness (QED) is 0.607. The highest BCUT2D eigenvalue weighted by atomic mass is 32.2. The van der Waals surface area contributed by atoms with Gasteiger partial charge in [0, 0.05) is 30.1 Å². The van der Waals surface area contributed by atoms with Crippen molar-refractivity contribution in [3.05, 3.63) is 57.3 Å². The second-order valence-corrected chi connectivity index (χ2v) is 6.34. The minimum atomic E-state index is -3.80. The van der Waals surface area contributed by atoms with E-state index in [1.165, 1.54) is 30.5 Å². The minimum absolute atomic E-state index is 0.00715. The van der Waals surface area contributed by atoms with Crippen molar-refractivity contribution in [1.29, 1.82) is 0 Å². The number of benzene rings is 1. The standard InChI is InChI=1S/C13H11N3O4S/c17-16(18)11-3-5-12(6-4-11)21(19,20)15-9-7-10-2-1-8-14-13(10)15/h2-7,9H,1,8H2. The summed E-state index contributed by atoms with van der Waals surface area (Å²) in [4.78, 5) is 14.3. The molecule has 0 atom stereocenters. The average molecular weight is 305 g/mol. The molecular formula is C13H11N3O4S. The topological polar surface area (TPSA) is 94.6 Å². The Kier molecular flexibility index (Phi) is 3.09. The highest BCUT2D eigenvalue weighted by molar-refractivity contribution is 7.90. The zero-order valence-electron chi connectivity index (χ0n) is 10.8. The number of non-ortho nitro benzene ring substituents is 1. The van der Waals surface area contributed by atoms with Gasteiger partial charge in [-0.05, 0) is 24.6 Å². The maximum atomic E-state index is 12.6. The van der Waals surface area contributed by atoms with Crippen molar-refractivity contribution in [1.82, 2.24) is 3.97 Å². The number of rotatable bonds is 3. The zero-order valence-corrected chi connectivity index (χ0v) is 11.7. The lowest BCUT2D eigenvalue weighted by Crippen LogP contribution is -2.35. The number of nitro groups is 1. The number of aromatic nitrogens is 1. The van der Waals surface area contributed by atoms with Crippen LogP contribution >= 0.6 is 0 Å². The van der Waals surface area contributed by atoms with Crippen LogP contribution in [0.2, 0.25) is 0 Å². The molecule has 108 valence electrons.